The Bertz CT molecular complexity index is 250. The van der Waals surface area contributed by atoms with Gasteiger partial charge in [0.1, 0.15) is 5.75 Å². The van der Waals surface area contributed by atoms with E-state index < -0.39 is 0 Å². The molecular formula is C8H9ClNO. The smallest absolute Gasteiger partial charge is 0.142 e. The van der Waals surface area contributed by atoms with E-state index in [9.17, 15) is 0 Å². The maximum Gasteiger partial charge on any atom is 0.142 e. The molecule has 0 saturated heterocycles. The molecule has 0 bridgehead atoms. The van der Waals surface area contributed by atoms with Crippen LogP contribution < -0.4 is 10.5 Å². The molecule has 1 aromatic rings. The average molecular weight is 171 g/mol. The third-order valence-electron chi connectivity index (χ3n) is 1.41. The van der Waals surface area contributed by atoms with E-state index >= 15 is 0 Å². The van der Waals surface area contributed by atoms with Crippen molar-refractivity contribution in [3.63, 3.8) is 0 Å². The Morgan fingerprint density at radius 2 is 2.45 bits per heavy atom. The van der Waals surface area contributed by atoms with E-state index in [2.05, 4.69) is 6.07 Å². The van der Waals surface area contributed by atoms with Crippen LogP contribution in [0, 0.1) is 6.07 Å². The minimum absolute atomic E-state index is 0.428. The van der Waals surface area contributed by atoms with Crippen molar-refractivity contribution in [2.45, 2.75) is 6.54 Å². The Balaban J connectivity index is 3.13. The number of halogens is 1. The van der Waals surface area contributed by atoms with Crippen LogP contribution in [0.4, 0.5) is 0 Å². The second-order valence-electron chi connectivity index (χ2n) is 2.05. The normalized spacial score (nSPS) is 9.73. The minimum Gasteiger partial charge on any atom is -0.495 e. The molecule has 1 aromatic carbocycles. The lowest BCUT2D eigenvalue weighted by Gasteiger charge is -2.06. The van der Waals surface area contributed by atoms with Gasteiger partial charge in [-0.3, -0.25) is 0 Å². The zero-order valence-electron chi connectivity index (χ0n) is 6.23. The van der Waals surface area contributed by atoms with Crippen LogP contribution in [0.3, 0.4) is 0 Å². The van der Waals surface area contributed by atoms with Crippen LogP contribution in [0.25, 0.3) is 0 Å². The van der Waals surface area contributed by atoms with Gasteiger partial charge in [0.25, 0.3) is 0 Å². The van der Waals surface area contributed by atoms with Gasteiger partial charge >= 0.3 is 0 Å². The standard InChI is InChI=1S/C8H9ClNO/c1-11-8-6(5-10)3-2-4-7(8)9/h2-3H,5,10H2,1H3. The Morgan fingerprint density at radius 3 is 2.91 bits per heavy atom. The Hall–Kier alpha value is -0.730. The fourth-order valence-electron chi connectivity index (χ4n) is 0.879. The highest BCUT2D eigenvalue weighted by Gasteiger charge is 2.04. The predicted molar refractivity (Wildman–Crippen MR) is 44.7 cm³/mol. The Morgan fingerprint density at radius 1 is 1.73 bits per heavy atom. The van der Waals surface area contributed by atoms with Crippen LogP contribution >= 0.6 is 11.6 Å². The molecule has 0 heterocycles. The molecule has 59 valence electrons. The van der Waals surface area contributed by atoms with Crippen molar-refractivity contribution in [2.24, 2.45) is 5.73 Å². The second-order valence-corrected chi connectivity index (χ2v) is 2.43. The summed E-state index contributed by atoms with van der Waals surface area (Å²) in [7, 11) is 1.56. The Labute approximate surface area is 70.9 Å². The van der Waals surface area contributed by atoms with Crippen molar-refractivity contribution >= 4 is 11.6 Å². The highest BCUT2D eigenvalue weighted by molar-refractivity contribution is 6.32. The van der Waals surface area contributed by atoms with E-state index in [1.54, 1.807) is 13.2 Å². The van der Waals surface area contributed by atoms with Gasteiger partial charge in [0.2, 0.25) is 0 Å². The second kappa shape index (κ2) is 3.60. The van der Waals surface area contributed by atoms with E-state index in [4.69, 9.17) is 22.1 Å². The fraction of sp³-hybridized carbons (Fsp3) is 0.250. The molecule has 0 unspecified atom stereocenters. The number of hydrogen-bond donors (Lipinski definition) is 1. The minimum atomic E-state index is 0.428. The molecule has 0 aromatic heterocycles. The molecule has 0 aliphatic heterocycles. The third-order valence-corrected chi connectivity index (χ3v) is 1.69. The van der Waals surface area contributed by atoms with Crippen molar-refractivity contribution < 1.29 is 4.74 Å². The molecule has 2 N–H and O–H groups in total. The summed E-state index contributed by atoms with van der Waals surface area (Å²) >= 11 is 5.77. The first-order valence-electron chi connectivity index (χ1n) is 3.22. The molecule has 0 fully saturated rings. The molecule has 0 aliphatic carbocycles. The molecule has 1 rings (SSSR count). The van der Waals surface area contributed by atoms with E-state index in [0.29, 0.717) is 17.3 Å². The first-order chi connectivity index (χ1) is 5.29. The molecule has 1 radical (unpaired) electrons. The topological polar surface area (TPSA) is 35.2 Å². The van der Waals surface area contributed by atoms with Gasteiger partial charge in [0.05, 0.1) is 12.1 Å². The molecular weight excluding hydrogens is 162 g/mol. The summed E-state index contributed by atoms with van der Waals surface area (Å²) in [5, 5.41) is 0.482. The van der Waals surface area contributed by atoms with Crippen LogP contribution in [-0.2, 0) is 6.54 Å². The molecule has 11 heavy (non-hydrogen) atoms. The maximum absolute atomic E-state index is 5.77. The first-order valence-corrected chi connectivity index (χ1v) is 3.60. The predicted octanol–water partition coefficient (Wildman–Crippen LogP) is 1.61. The molecule has 0 saturated carbocycles. The lowest BCUT2D eigenvalue weighted by Crippen LogP contribution is -1.99. The molecule has 0 atom stereocenters. The number of benzene rings is 1. The van der Waals surface area contributed by atoms with Crippen LogP contribution in [0.5, 0.6) is 5.75 Å². The van der Waals surface area contributed by atoms with Gasteiger partial charge in [-0.1, -0.05) is 23.7 Å². The van der Waals surface area contributed by atoms with Gasteiger partial charge in [0, 0.05) is 18.2 Å². The van der Waals surface area contributed by atoms with Gasteiger partial charge in [-0.2, -0.15) is 0 Å². The molecule has 0 spiro atoms. The van der Waals surface area contributed by atoms with Crippen LogP contribution in [-0.4, -0.2) is 7.11 Å². The maximum atomic E-state index is 5.77. The highest BCUT2D eigenvalue weighted by atomic mass is 35.5. The number of rotatable bonds is 2. The van der Waals surface area contributed by atoms with E-state index in [1.165, 1.54) is 0 Å². The summed E-state index contributed by atoms with van der Waals surface area (Å²) in [6.45, 7) is 0.428. The lowest BCUT2D eigenvalue weighted by molar-refractivity contribution is 0.410. The van der Waals surface area contributed by atoms with Gasteiger partial charge in [0.15, 0.2) is 0 Å². The summed E-state index contributed by atoms with van der Waals surface area (Å²) in [5.41, 5.74) is 6.34. The molecule has 0 amide bonds. The quantitative estimate of drug-likeness (QED) is 0.732. The number of ether oxygens (including phenoxy) is 1. The summed E-state index contributed by atoms with van der Waals surface area (Å²) in [4.78, 5) is 0. The largest absolute Gasteiger partial charge is 0.495 e. The summed E-state index contributed by atoms with van der Waals surface area (Å²) in [6, 6.07) is 6.38. The molecule has 3 heteroatoms. The van der Waals surface area contributed by atoms with Gasteiger partial charge < -0.3 is 10.5 Å². The van der Waals surface area contributed by atoms with Crippen LogP contribution in [0.1, 0.15) is 5.56 Å². The van der Waals surface area contributed by atoms with Crippen molar-refractivity contribution in [3.05, 3.63) is 28.8 Å². The Kier molecular flexibility index (Phi) is 2.74. The third kappa shape index (κ3) is 1.64. The van der Waals surface area contributed by atoms with Gasteiger partial charge in [-0.25, -0.2) is 0 Å². The average Bonchev–Trinajstić information content (AvgIpc) is 2.04. The van der Waals surface area contributed by atoms with Crippen LogP contribution in [0.15, 0.2) is 12.1 Å². The zero-order chi connectivity index (χ0) is 8.27. The van der Waals surface area contributed by atoms with E-state index in [1.807, 2.05) is 6.07 Å². The number of nitrogens with two attached hydrogens (primary N) is 1. The van der Waals surface area contributed by atoms with E-state index in [-0.39, 0.29) is 0 Å². The van der Waals surface area contributed by atoms with Crippen molar-refractivity contribution in [1.82, 2.24) is 0 Å². The lowest BCUT2D eigenvalue weighted by atomic mass is 10.2. The monoisotopic (exact) mass is 170 g/mol. The van der Waals surface area contributed by atoms with Crippen molar-refractivity contribution in [3.8, 4) is 5.75 Å². The highest BCUT2D eigenvalue weighted by Crippen LogP contribution is 2.26. The summed E-state index contributed by atoms with van der Waals surface area (Å²) in [5.74, 6) is 0.622. The van der Waals surface area contributed by atoms with Crippen LogP contribution in [0.2, 0.25) is 5.02 Å². The summed E-state index contributed by atoms with van der Waals surface area (Å²) < 4.78 is 5.02. The SMILES string of the molecule is COc1c(Cl)[c]ccc1CN. The van der Waals surface area contributed by atoms with Crippen molar-refractivity contribution in [2.75, 3.05) is 7.11 Å². The number of hydrogen-bond acceptors (Lipinski definition) is 2. The fourth-order valence-corrected chi connectivity index (χ4v) is 1.14. The first kappa shape index (κ1) is 8.37. The zero-order valence-corrected chi connectivity index (χ0v) is 6.98. The number of methoxy groups -OCH3 is 1. The summed E-state index contributed by atoms with van der Waals surface area (Å²) in [6.07, 6.45) is 0. The van der Waals surface area contributed by atoms with E-state index in [0.717, 1.165) is 5.56 Å². The van der Waals surface area contributed by atoms with Gasteiger partial charge in [-0.15, -0.1) is 0 Å². The molecule has 2 nitrogen and oxygen atoms in total. The molecule has 0 aliphatic rings. The van der Waals surface area contributed by atoms with Gasteiger partial charge in [-0.05, 0) is 0 Å². The van der Waals surface area contributed by atoms with Crippen molar-refractivity contribution in [1.29, 1.82) is 0 Å².